The van der Waals surface area contributed by atoms with Crippen molar-refractivity contribution in [3.63, 3.8) is 0 Å². The Morgan fingerprint density at radius 3 is 2.83 bits per heavy atom. The number of ether oxygens (including phenoxy) is 1. The van der Waals surface area contributed by atoms with Crippen LogP contribution in [0.2, 0.25) is 0 Å². The quantitative estimate of drug-likeness (QED) is 0.661. The van der Waals surface area contributed by atoms with Gasteiger partial charge in [0.15, 0.2) is 5.16 Å². The highest BCUT2D eigenvalue weighted by Crippen LogP contribution is 2.21. The summed E-state index contributed by atoms with van der Waals surface area (Å²) in [5.74, 6) is 2.11. The van der Waals surface area contributed by atoms with Crippen molar-refractivity contribution in [2.45, 2.75) is 18.0 Å². The maximum absolute atomic E-state index is 5.79. The second-order valence-corrected chi connectivity index (χ2v) is 5.35. The van der Waals surface area contributed by atoms with Crippen molar-refractivity contribution in [3.8, 4) is 0 Å². The zero-order valence-electron chi connectivity index (χ0n) is 10.9. The molecule has 1 aromatic heterocycles. The highest BCUT2D eigenvalue weighted by atomic mass is 32.2. The Labute approximate surface area is 112 Å². The van der Waals surface area contributed by atoms with Crippen molar-refractivity contribution < 1.29 is 4.74 Å². The summed E-state index contributed by atoms with van der Waals surface area (Å²) < 4.78 is 5.38. The third-order valence-electron chi connectivity index (χ3n) is 3.16. The first kappa shape index (κ1) is 13.4. The van der Waals surface area contributed by atoms with Crippen molar-refractivity contribution in [3.05, 3.63) is 6.07 Å². The third-order valence-corrected chi connectivity index (χ3v) is 3.71. The first-order chi connectivity index (χ1) is 8.69. The molecular formula is C12H20N4OS. The van der Waals surface area contributed by atoms with Crippen molar-refractivity contribution in [2.75, 3.05) is 43.7 Å². The van der Waals surface area contributed by atoms with Gasteiger partial charge in [-0.2, -0.15) is 0 Å². The minimum Gasteiger partial charge on any atom is -0.383 e. The van der Waals surface area contributed by atoms with Crippen LogP contribution in [-0.2, 0) is 4.74 Å². The third kappa shape index (κ3) is 3.49. The molecular weight excluding hydrogens is 248 g/mol. The predicted octanol–water partition coefficient (Wildman–Crippen LogP) is 1.64. The van der Waals surface area contributed by atoms with Gasteiger partial charge in [0.05, 0.1) is 0 Å². The predicted molar refractivity (Wildman–Crippen MR) is 75.0 cm³/mol. The van der Waals surface area contributed by atoms with Gasteiger partial charge in [0.2, 0.25) is 0 Å². The highest BCUT2D eigenvalue weighted by Gasteiger charge is 2.17. The van der Waals surface area contributed by atoms with Crippen LogP contribution in [0.5, 0.6) is 0 Å². The van der Waals surface area contributed by atoms with Gasteiger partial charge in [-0.1, -0.05) is 11.8 Å². The summed E-state index contributed by atoms with van der Waals surface area (Å²) in [5.41, 5.74) is 5.79. The standard InChI is InChI=1S/C12H20N4OS/c1-16(8-9-3-5-17-6-4-9)11-7-10(13)14-12(15-11)18-2/h7,9H,3-6,8H2,1-2H3,(H2,13,14,15). The van der Waals surface area contributed by atoms with Gasteiger partial charge < -0.3 is 15.4 Å². The average molecular weight is 268 g/mol. The summed E-state index contributed by atoms with van der Waals surface area (Å²) in [5, 5.41) is 0.726. The Balaban J connectivity index is 2.02. The summed E-state index contributed by atoms with van der Waals surface area (Å²) in [6.07, 6.45) is 4.21. The minimum absolute atomic E-state index is 0.531. The molecule has 0 amide bonds. The van der Waals surface area contributed by atoms with E-state index < -0.39 is 0 Å². The fourth-order valence-corrected chi connectivity index (χ4v) is 2.51. The Hall–Kier alpha value is -1.01. The van der Waals surface area contributed by atoms with Gasteiger partial charge in [0, 0.05) is 32.9 Å². The Kier molecular flexibility index (Phi) is 4.66. The van der Waals surface area contributed by atoms with Gasteiger partial charge in [-0.15, -0.1) is 0 Å². The van der Waals surface area contributed by atoms with Crippen LogP contribution in [-0.4, -0.2) is 43.0 Å². The number of aromatic nitrogens is 2. The molecule has 1 aromatic rings. The van der Waals surface area contributed by atoms with Crippen LogP contribution >= 0.6 is 11.8 Å². The zero-order chi connectivity index (χ0) is 13.0. The summed E-state index contributed by atoms with van der Waals surface area (Å²) in [6, 6.07) is 1.83. The number of nitrogen functional groups attached to an aromatic ring is 1. The Bertz CT molecular complexity index is 396. The van der Waals surface area contributed by atoms with E-state index in [1.54, 1.807) is 0 Å². The molecule has 0 unspecified atom stereocenters. The summed E-state index contributed by atoms with van der Waals surface area (Å²) in [7, 11) is 2.06. The van der Waals surface area contributed by atoms with E-state index in [0.717, 1.165) is 43.6 Å². The van der Waals surface area contributed by atoms with E-state index in [0.29, 0.717) is 11.7 Å². The van der Waals surface area contributed by atoms with E-state index in [4.69, 9.17) is 10.5 Å². The van der Waals surface area contributed by atoms with E-state index in [1.807, 2.05) is 12.3 Å². The number of anilines is 2. The molecule has 1 saturated heterocycles. The largest absolute Gasteiger partial charge is 0.383 e. The van der Waals surface area contributed by atoms with E-state index in [9.17, 15) is 0 Å². The molecule has 2 N–H and O–H groups in total. The first-order valence-corrected chi connectivity index (χ1v) is 7.39. The number of hydrogen-bond donors (Lipinski definition) is 1. The molecule has 0 aliphatic carbocycles. The normalized spacial score (nSPS) is 16.8. The lowest BCUT2D eigenvalue weighted by molar-refractivity contribution is 0.0685. The number of thioether (sulfide) groups is 1. The van der Waals surface area contributed by atoms with Gasteiger partial charge in [-0.05, 0) is 25.0 Å². The molecule has 0 atom stereocenters. The van der Waals surface area contributed by atoms with Gasteiger partial charge >= 0.3 is 0 Å². The molecule has 0 aromatic carbocycles. The molecule has 0 spiro atoms. The van der Waals surface area contributed by atoms with Crippen LogP contribution in [0.4, 0.5) is 11.6 Å². The van der Waals surface area contributed by atoms with E-state index in [-0.39, 0.29) is 0 Å². The van der Waals surface area contributed by atoms with Crippen molar-refractivity contribution in [1.82, 2.24) is 9.97 Å². The van der Waals surface area contributed by atoms with Gasteiger partial charge in [0.25, 0.3) is 0 Å². The fourth-order valence-electron chi connectivity index (χ4n) is 2.13. The molecule has 1 fully saturated rings. The Morgan fingerprint density at radius 2 is 2.17 bits per heavy atom. The summed E-state index contributed by atoms with van der Waals surface area (Å²) in [4.78, 5) is 10.8. The second-order valence-electron chi connectivity index (χ2n) is 4.57. The molecule has 6 heteroatoms. The fraction of sp³-hybridized carbons (Fsp3) is 0.667. The molecule has 0 radical (unpaired) electrons. The summed E-state index contributed by atoms with van der Waals surface area (Å²) in [6.45, 7) is 2.74. The molecule has 1 aliphatic rings. The van der Waals surface area contributed by atoms with Gasteiger partial charge in [-0.25, -0.2) is 9.97 Å². The van der Waals surface area contributed by atoms with Crippen LogP contribution in [0.1, 0.15) is 12.8 Å². The van der Waals surface area contributed by atoms with Crippen LogP contribution in [0.15, 0.2) is 11.2 Å². The number of nitrogens with zero attached hydrogens (tertiary/aromatic N) is 3. The lowest BCUT2D eigenvalue weighted by atomic mass is 10.00. The maximum atomic E-state index is 5.79. The molecule has 0 saturated carbocycles. The molecule has 2 rings (SSSR count). The maximum Gasteiger partial charge on any atom is 0.191 e. The topological polar surface area (TPSA) is 64.3 Å². The van der Waals surface area contributed by atoms with Crippen molar-refractivity contribution >= 4 is 23.4 Å². The highest BCUT2D eigenvalue weighted by molar-refractivity contribution is 7.98. The molecule has 1 aliphatic heterocycles. The van der Waals surface area contributed by atoms with Crippen LogP contribution < -0.4 is 10.6 Å². The van der Waals surface area contributed by atoms with Crippen LogP contribution in [0, 0.1) is 5.92 Å². The van der Waals surface area contributed by atoms with E-state index >= 15 is 0 Å². The van der Waals surface area contributed by atoms with E-state index in [1.165, 1.54) is 11.8 Å². The van der Waals surface area contributed by atoms with Gasteiger partial charge in [0.1, 0.15) is 11.6 Å². The van der Waals surface area contributed by atoms with Crippen LogP contribution in [0.25, 0.3) is 0 Å². The number of nitrogens with two attached hydrogens (primary N) is 1. The zero-order valence-corrected chi connectivity index (χ0v) is 11.7. The van der Waals surface area contributed by atoms with Gasteiger partial charge in [-0.3, -0.25) is 0 Å². The van der Waals surface area contributed by atoms with Crippen molar-refractivity contribution in [1.29, 1.82) is 0 Å². The SMILES string of the molecule is CSc1nc(N)cc(N(C)CC2CCOCC2)n1. The Morgan fingerprint density at radius 1 is 1.44 bits per heavy atom. The monoisotopic (exact) mass is 268 g/mol. The number of rotatable bonds is 4. The number of hydrogen-bond acceptors (Lipinski definition) is 6. The lowest BCUT2D eigenvalue weighted by Crippen LogP contribution is -2.30. The van der Waals surface area contributed by atoms with E-state index in [2.05, 4.69) is 21.9 Å². The molecule has 5 nitrogen and oxygen atoms in total. The molecule has 0 bridgehead atoms. The summed E-state index contributed by atoms with van der Waals surface area (Å²) >= 11 is 1.51. The molecule has 18 heavy (non-hydrogen) atoms. The average Bonchev–Trinajstić information content (AvgIpc) is 2.39. The minimum atomic E-state index is 0.531. The van der Waals surface area contributed by atoms with Crippen LogP contribution in [0.3, 0.4) is 0 Å². The lowest BCUT2D eigenvalue weighted by Gasteiger charge is -2.27. The molecule has 100 valence electrons. The molecule has 2 heterocycles. The first-order valence-electron chi connectivity index (χ1n) is 6.16. The second kappa shape index (κ2) is 6.24. The van der Waals surface area contributed by atoms with Crippen molar-refractivity contribution in [2.24, 2.45) is 5.92 Å². The smallest absolute Gasteiger partial charge is 0.191 e.